The number of benzene rings is 4. The first-order chi connectivity index (χ1) is 13.7. The average Bonchev–Trinajstić information content (AvgIpc) is 3.10. The van der Waals surface area contributed by atoms with Crippen LogP contribution < -0.4 is 4.90 Å². The Bertz CT molecular complexity index is 1270. The lowest BCUT2D eigenvalue weighted by Gasteiger charge is -2.26. The highest BCUT2D eigenvalue weighted by atomic mass is 79.9. The second-order valence-corrected chi connectivity index (χ2v) is 8.82. The third-order valence-corrected chi connectivity index (χ3v) is 7.09. The molecule has 0 unspecified atom stereocenters. The van der Waals surface area contributed by atoms with E-state index in [1.54, 1.807) is 0 Å². The number of aryl methyl sites for hydroxylation is 1. The van der Waals surface area contributed by atoms with E-state index in [9.17, 15) is 0 Å². The van der Waals surface area contributed by atoms with Crippen LogP contribution in [-0.4, -0.2) is 0 Å². The van der Waals surface area contributed by atoms with Crippen LogP contribution in [0.1, 0.15) is 5.56 Å². The maximum atomic E-state index is 3.83. The molecule has 0 saturated carbocycles. The highest BCUT2D eigenvalue weighted by molar-refractivity contribution is 9.10. The van der Waals surface area contributed by atoms with Crippen molar-refractivity contribution in [3.8, 4) is 0 Å². The molecule has 0 N–H and O–H groups in total. The fraction of sp³-hybridized carbons (Fsp3) is 0.0400. The Hall–Kier alpha value is -2.62. The van der Waals surface area contributed by atoms with Gasteiger partial charge in [-0.2, -0.15) is 0 Å². The zero-order chi connectivity index (χ0) is 19.1. The number of nitrogens with zero attached hydrogens (tertiary/aromatic N) is 1. The first-order valence-electron chi connectivity index (χ1n) is 9.23. The van der Waals surface area contributed by atoms with Crippen molar-refractivity contribution < 1.29 is 0 Å². The average molecular weight is 444 g/mol. The molecule has 0 saturated heterocycles. The first-order valence-corrected chi connectivity index (χ1v) is 10.8. The summed E-state index contributed by atoms with van der Waals surface area (Å²) in [6, 6.07) is 32.4. The van der Waals surface area contributed by atoms with E-state index in [0.717, 1.165) is 21.5 Å². The van der Waals surface area contributed by atoms with Gasteiger partial charge in [0.05, 0.1) is 0 Å². The fourth-order valence-electron chi connectivity index (χ4n) is 3.62. The maximum absolute atomic E-state index is 3.83. The van der Waals surface area contributed by atoms with Gasteiger partial charge in [0.2, 0.25) is 0 Å². The van der Waals surface area contributed by atoms with Crippen molar-refractivity contribution in [3.05, 3.63) is 101 Å². The summed E-state index contributed by atoms with van der Waals surface area (Å²) >= 11 is 5.67. The highest BCUT2D eigenvalue weighted by Crippen LogP contribution is 2.43. The molecule has 4 aromatic carbocycles. The van der Waals surface area contributed by atoms with E-state index in [1.165, 1.54) is 25.7 Å². The van der Waals surface area contributed by atoms with E-state index in [4.69, 9.17) is 0 Å². The standard InChI is InChI=1S/C25H18BrNS/c1-17-11-13-19(14-12-17)27(18-7-3-2-4-8-18)20-15-22-21-9-5-6-10-24(21)28-25(22)23(26)16-20/h2-16H,1H3. The summed E-state index contributed by atoms with van der Waals surface area (Å²) in [5.74, 6) is 0. The largest absolute Gasteiger partial charge is 0.310 e. The highest BCUT2D eigenvalue weighted by Gasteiger charge is 2.16. The predicted molar refractivity (Wildman–Crippen MR) is 126 cm³/mol. The number of rotatable bonds is 3. The van der Waals surface area contributed by atoms with Gasteiger partial charge in [-0.1, -0.05) is 54.1 Å². The molecule has 1 aromatic heterocycles. The molecule has 3 heteroatoms. The van der Waals surface area contributed by atoms with Crippen molar-refractivity contribution in [1.29, 1.82) is 0 Å². The zero-order valence-corrected chi connectivity index (χ0v) is 17.8. The zero-order valence-electron chi connectivity index (χ0n) is 15.4. The molecule has 0 bridgehead atoms. The summed E-state index contributed by atoms with van der Waals surface area (Å²) in [4.78, 5) is 2.32. The lowest BCUT2D eigenvalue weighted by Crippen LogP contribution is -2.09. The van der Waals surface area contributed by atoms with E-state index in [0.29, 0.717) is 0 Å². The SMILES string of the molecule is Cc1ccc(N(c2ccccc2)c2cc(Br)c3sc4ccccc4c3c2)cc1. The Kier molecular flexibility index (Phi) is 4.42. The van der Waals surface area contributed by atoms with Crippen LogP contribution in [0.5, 0.6) is 0 Å². The van der Waals surface area contributed by atoms with Crippen molar-refractivity contribution in [1.82, 2.24) is 0 Å². The van der Waals surface area contributed by atoms with Gasteiger partial charge in [-0.3, -0.25) is 0 Å². The molecule has 0 aliphatic carbocycles. The molecular weight excluding hydrogens is 426 g/mol. The van der Waals surface area contributed by atoms with Gasteiger partial charge in [-0.15, -0.1) is 11.3 Å². The van der Waals surface area contributed by atoms with Crippen molar-refractivity contribution in [2.75, 3.05) is 4.90 Å². The van der Waals surface area contributed by atoms with Crippen molar-refractivity contribution in [2.24, 2.45) is 0 Å². The van der Waals surface area contributed by atoms with Gasteiger partial charge >= 0.3 is 0 Å². The smallest absolute Gasteiger partial charge is 0.0499 e. The molecule has 1 heterocycles. The van der Waals surface area contributed by atoms with Gasteiger partial charge in [0.15, 0.2) is 0 Å². The molecular formula is C25H18BrNS. The number of fused-ring (bicyclic) bond motifs is 3. The minimum atomic E-state index is 1.13. The molecule has 0 aliphatic heterocycles. The lowest BCUT2D eigenvalue weighted by molar-refractivity contribution is 1.28. The number of para-hydroxylation sites is 1. The molecule has 0 atom stereocenters. The Morgan fingerprint density at radius 2 is 1.36 bits per heavy atom. The molecule has 0 radical (unpaired) electrons. The maximum Gasteiger partial charge on any atom is 0.0499 e. The summed E-state index contributed by atoms with van der Waals surface area (Å²) in [6.07, 6.45) is 0. The second-order valence-electron chi connectivity index (χ2n) is 6.91. The van der Waals surface area contributed by atoms with Crippen LogP contribution in [0.25, 0.3) is 20.2 Å². The van der Waals surface area contributed by atoms with Crippen LogP contribution >= 0.6 is 27.3 Å². The quantitative estimate of drug-likeness (QED) is 0.269. The van der Waals surface area contributed by atoms with E-state index in [-0.39, 0.29) is 0 Å². The molecule has 1 nitrogen and oxygen atoms in total. The Morgan fingerprint density at radius 3 is 2.14 bits per heavy atom. The topological polar surface area (TPSA) is 3.24 Å². The first kappa shape index (κ1) is 17.5. The van der Waals surface area contributed by atoms with Gasteiger partial charge < -0.3 is 4.90 Å². The van der Waals surface area contributed by atoms with Gasteiger partial charge in [0.1, 0.15) is 0 Å². The van der Waals surface area contributed by atoms with Gasteiger partial charge in [-0.25, -0.2) is 0 Å². The van der Waals surface area contributed by atoms with Crippen LogP contribution in [0, 0.1) is 6.92 Å². The molecule has 5 rings (SSSR count). The Morgan fingerprint density at radius 1 is 0.679 bits per heavy atom. The molecule has 0 amide bonds. The van der Waals surface area contributed by atoms with Crippen LogP contribution in [0.3, 0.4) is 0 Å². The molecule has 0 aliphatic rings. The number of thiophene rings is 1. The summed E-state index contributed by atoms with van der Waals surface area (Å²) in [7, 11) is 0. The Labute approximate surface area is 177 Å². The van der Waals surface area contributed by atoms with Crippen LogP contribution in [0.2, 0.25) is 0 Å². The number of hydrogen-bond donors (Lipinski definition) is 0. The van der Waals surface area contributed by atoms with Gasteiger partial charge in [-0.05, 0) is 65.3 Å². The third kappa shape index (κ3) is 3.01. The number of hydrogen-bond acceptors (Lipinski definition) is 2. The predicted octanol–water partition coefficient (Wildman–Crippen LogP) is 8.60. The minimum Gasteiger partial charge on any atom is -0.310 e. The van der Waals surface area contributed by atoms with E-state index in [1.807, 2.05) is 11.3 Å². The van der Waals surface area contributed by atoms with Crippen molar-refractivity contribution in [2.45, 2.75) is 6.92 Å². The van der Waals surface area contributed by atoms with Crippen LogP contribution in [0.4, 0.5) is 17.1 Å². The third-order valence-electron chi connectivity index (χ3n) is 4.98. The van der Waals surface area contributed by atoms with Crippen LogP contribution in [0.15, 0.2) is 95.5 Å². The number of anilines is 3. The van der Waals surface area contributed by atoms with E-state index >= 15 is 0 Å². The molecule has 0 spiro atoms. The van der Waals surface area contributed by atoms with E-state index < -0.39 is 0 Å². The van der Waals surface area contributed by atoms with Gasteiger partial charge in [0, 0.05) is 41.7 Å². The van der Waals surface area contributed by atoms with Gasteiger partial charge in [0.25, 0.3) is 0 Å². The summed E-state index contributed by atoms with van der Waals surface area (Å²) in [5, 5.41) is 2.60. The van der Waals surface area contributed by atoms with Crippen molar-refractivity contribution >= 4 is 64.5 Å². The fourth-order valence-corrected chi connectivity index (χ4v) is 5.40. The molecule has 0 fully saturated rings. The number of halogens is 1. The monoisotopic (exact) mass is 443 g/mol. The van der Waals surface area contributed by atoms with Crippen LogP contribution in [-0.2, 0) is 0 Å². The molecule has 28 heavy (non-hydrogen) atoms. The lowest BCUT2D eigenvalue weighted by atomic mass is 10.1. The summed E-state index contributed by atoms with van der Waals surface area (Å²) in [5.41, 5.74) is 4.72. The molecule has 136 valence electrons. The summed E-state index contributed by atoms with van der Waals surface area (Å²) in [6.45, 7) is 2.12. The Balaban J connectivity index is 1.78. The summed E-state index contributed by atoms with van der Waals surface area (Å²) < 4.78 is 3.74. The van der Waals surface area contributed by atoms with Crippen molar-refractivity contribution in [3.63, 3.8) is 0 Å². The normalized spacial score (nSPS) is 11.2. The van der Waals surface area contributed by atoms with E-state index in [2.05, 4.69) is 119 Å². The minimum absolute atomic E-state index is 1.13. The molecule has 5 aromatic rings. The second kappa shape index (κ2) is 7.08.